The molecule has 2 saturated heterocycles. The minimum absolute atomic E-state index is 0. The summed E-state index contributed by atoms with van der Waals surface area (Å²) >= 11 is 0. The van der Waals surface area contributed by atoms with Crippen molar-refractivity contribution in [2.45, 2.75) is 39.2 Å². The largest absolute Gasteiger partial charge is 0.490 e. The number of rotatable bonds is 8. The zero-order chi connectivity index (χ0) is 22.1. The van der Waals surface area contributed by atoms with Gasteiger partial charge in [0.15, 0.2) is 17.5 Å². The third kappa shape index (κ3) is 7.13. The zero-order valence-corrected chi connectivity index (χ0v) is 21.8. The Morgan fingerprint density at radius 3 is 2.44 bits per heavy atom. The molecular formula is C23H37IN4O4. The normalized spacial score (nSPS) is 18.8. The molecule has 2 fully saturated rings. The lowest BCUT2D eigenvalue weighted by Gasteiger charge is -2.37. The van der Waals surface area contributed by atoms with Crippen LogP contribution in [-0.4, -0.2) is 87.4 Å². The topological polar surface area (TPSA) is 75.6 Å². The van der Waals surface area contributed by atoms with Crippen molar-refractivity contribution in [3.8, 4) is 11.5 Å². The fraction of sp³-hybridized carbons (Fsp3) is 0.652. The lowest BCUT2D eigenvalue weighted by Crippen LogP contribution is -2.55. The second kappa shape index (κ2) is 13.7. The zero-order valence-electron chi connectivity index (χ0n) is 19.5. The predicted molar refractivity (Wildman–Crippen MR) is 136 cm³/mol. The smallest absolute Gasteiger partial charge is 0.251 e. The Hall–Kier alpha value is -1.75. The van der Waals surface area contributed by atoms with Gasteiger partial charge in [0.2, 0.25) is 0 Å². The van der Waals surface area contributed by atoms with E-state index >= 15 is 0 Å². The van der Waals surface area contributed by atoms with E-state index < -0.39 is 0 Å². The second-order valence-corrected chi connectivity index (χ2v) is 7.69. The second-order valence-electron chi connectivity index (χ2n) is 7.69. The van der Waals surface area contributed by atoms with Crippen LogP contribution in [0.4, 0.5) is 0 Å². The Kier molecular flexibility index (Phi) is 11.4. The molecule has 0 aromatic heterocycles. The van der Waals surface area contributed by atoms with Gasteiger partial charge in [-0.2, -0.15) is 0 Å². The van der Waals surface area contributed by atoms with Crippen molar-refractivity contribution in [1.82, 2.24) is 15.1 Å². The van der Waals surface area contributed by atoms with Gasteiger partial charge in [0.05, 0.1) is 13.2 Å². The molecular weight excluding hydrogens is 523 g/mol. The summed E-state index contributed by atoms with van der Waals surface area (Å²) in [6, 6.07) is 6.10. The Labute approximate surface area is 208 Å². The maximum atomic E-state index is 12.5. The molecule has 2 aliphatic heterocycles. The third-order valence-electron chi connectivity index (χ3n) is 5.61. The van der Waals surface area contributed by atoms with Crippen LogP contribution in [0.15, 0.2) is 23.2 Å². The Morgan fingerprint density at radius 1 is 1.12 bits per heavy atom. The number of halogens is 1. The molecule has 0 radical (unpaired) electrons. The molecule has 1 atom stereocenters. The van der Waals surface area contributed by atoms with Crippen molar-refractivity contribution in [2.24, 2.45) is 4.99 Å². The number of piperazine rings is 1. The van der Waals surface area contributed by atoms with E-state index in [-0.39, 0.29) is 36.0 Å². The van der Waals surface area contributed by atoms with Crippen molar-refractivity contribution in [1.29, 1.82) is 0 Å². The van der Waals surface area contributed by atoms with Gasteiger partial charge < -0.3 is 29.3 Å². The van der Waals surface area contributed by atoms with Crippen molar-refractivity contribution < 1.29 is 19.0 Å². The molecule has 0 bridgehead atoms. The van der Waals surface area contributed by atoms with Gasteiger partial charge in [0.25, 0.3) is 5.91 Å². The summed E-state index contributed by atoms with van der Waals surface area (Å²) in [5.41, 5.74) is 1.18. The van der Waals surface area contributed by atoms with Crippen LogP contribution in [0.3, 0.4) is 0 Å². The van der Waals surface area contributed by atoms with Crippen LogP contribution >= 0.6 is 24.0 Å². The van der Waals surface area contributed by atoms with Gasteiger partial charge in [-0.15, -0.1) is 24.0 Å². The summed E-state index contributed by atoms with van der Waals surface area (Å²) in [5.74, 6) is 2.59. The predicted octanol–water partition coefficient (Wildman–Crippen LogP) is 2.54. The first-order chi connectivity index (χ1) is 15.2. The highest BCUT2D eigenvalue weighted by Gasteiger charge is 2.30. The lowest BCUT2D eigenvalue weighted by molar-refractivity contribution is -0.142. The van der Waals surface area contributed by atoms with Gasteiger partial charge in [-0.1, -0.05) is 6.07 Å². The first kappa shape index (κ1) is 26.5. The van der Waals surface area contributed by atoms with E-state index in [2.05, 4.69) is 27.3 Å². The number of nitrogens with one attached hydrogen (secondary N) is 1. The van der Waals surface area contributed by atoms with Gasteiger partial charge in [-0.25, -0.2) is 0 Å². The summed E-state index contributed by atoms with van der Waals surface area (Å²) in [5, 5.41) is 3.45. The first-order valence-corrected chi connectivity index (χ1v) is 11.4. The van der Waals surface area contributed by atoms with Gasteiger partial charge >= 0.3 is 0 Å². The van der Waals surface area contributed by atoms with Crippen LogP contribution in [0.2, 0.25) is 0 Å². The van der Waals surface area contributed by atoms with Crippen molar-refractivity contribution in [3.63, 3.8) is 0 Å². The third-order valence-corrected chi connectivity index (χ3v) is 5.61. The quantitative estimate of drug-likeness (QED) is 0.300. The van der Waals surface area contributed by atoms with Gasteiger partial charge in [-0.05, 0) is 50.8 Å². The number of carbonyl (C=O) groups excluding carboxylic acids is 1. The van der Waals surface area contributed by atoms with Crippen LogP contribution in [-0.2, 0) is 16.0 Å². The Bertz CT molecular complexity index is 748. The number of amides is 1. The molecule has 0 spiro atoms. The standard InChI is InChI=1S/C23H36N4O4.HI/c1-4-29-19-9-8-18(17-21(19)30-5-2)10-11-25-23(24-3)27-14-12-26(13-15-27)22(28)20-7-6-16-31-20;/h8-9,17,20H,4-7,10-16H2,1-3H3,(H,24,25);1H. The van der Waals surface area contributed by atoms with Crippen LogP contribution < -0.4 is 14.8 Å². The SMILES string of the molecule is CCOc1ccc(CCNC(=NC)N2CCN(C(=O)C3CCCO3)CC2)cc1OCC.I. The molecule has 9 heteroatoms. The molecule has 1 aromatic carbocycles. The molecule has 1 aromatic rings. The highest BCUT2D eigenvalue weighted by Crippen LogP contribution is 2.28. The fourth-order valence-corrected chi connectivity index (χ4v) is 4.02. The molecule has 8 nitrogen and oxygen atoms in total. The Morgan fingerprint density at radius 2 is 1.81 bits per heavy atom. The minimum Gasteiger partial charge on any atom is -0.490 e. The van der Waals surface area contributed by atoms with E-state index in [4.69, 9.17) is 14.2 Å². The number of nitrogens with zero attached hydrogens (tertiary/aromatic N) is 3. The number of carbonyl (C=O) groups is 1. The number of aliphatic imine (C=N–C) groups is 1. The highest BCUT2D eigenvalue weighted by atomic mass is 127. The number of hydrogen-bond donors (Lipinski definition) is 1. The number of hydrogen-bond acceptors (Lipinski definition) is 5. The van der Waals surface area contributed by atoms with E-state index in [0.717, 1.165) is 56.4 Å². The molecule has 32 heavy (non-hydrogen) atoms. The monoisotopic (exact) mass is 560 g/mol. The Balaban J connectivity index is 0.00000363. The number of guanidine groups is 1. The maximum Gasteiger partial charge on any atom is 0.251 e. The van der Waals surface area contributed by atoms with E-state index in [1.807, 2.05) is 24.8 Å². The summed E-state index contributed by atoms with van der Waals surface area (Å²) in [6.07, 6.45) is 2.44. The summed E-state index contributed by atoms with van der Waals surface area (Å²) in [7, 11) is 1.80. The van der Waals surface area contributed by atoms with Gasteiger partial charge in [-0.3, -0.25) is 9.79 Å². The van der Waals surface area contributed by atoms with Gasteiger partial charge in [0, 0.05) is 46.4 Å². The molecule has 1 amide bonds. The van der Waals surface area contributed by atoms with Crippen LogP contribution in [0.25, 0.3) is 0 Å². The van der Waals surface area contributed by atoms with Crippen LogP contribution in [0.5, 0.6) is 11.5 Å². The molecule has 180 valence electrons. The van der Waals surface area contributed by atoms with Gasteiger partial charge in [0.1, 0.15) is 6.10 Å². The molecule has 2 aliphatic rings. The fourth-order valence-electron chi connectivity index (χ4n) is 4.02. The van der Waals surface area contributed by atoms with E-state index in [1.165, 1.54) is 5.56 Å². The summed E-state index contributed by atoms with van der Waals surface area (Å²) in [6.45, 7) is 9.59. The lowest BCUT2D eigenvalue weighted by atomic mass is 10.1. The average Bonchev–Trinajstić information content (AvgIpc) is 3.33. The average molecular weight is 560 g/mol. The van der Waals surface area contributed by atoms with E-state index in [1.54, 1.807) is 7.05 Å². The van der Waals surface area contributed by atoms with Crippen LogP contribution in [0, 0.1) is 0 Å². The van der Waals surface area contributed by atoms with E-state index in [0.29, 0.717) is 32.9 Å². The summed E-state index contributed by atoms with van der Waals surface area (Å²) in [4.78, 5) is 21.1. The molecule has 1 unspecified atom stereocenters. The number of ether oxygens (including phenoxy) is 3. The highest BCUT2D eigenvalue weighted by molar-refractivity contribution is 14.0. The first-order valence-electron chi connectivity index (χ1n) is 11.4. The number of benzene rings is 1. The molecule has 3 rings (SSSR count). The molecule has 2 heterocycles. The minimum atomic E-state index is -0.236. The molecule has 0 saturated carbocycles. The molecule has 0 aliphatic carbocycles. The van der Waals surface area contributed by atoms with Crippen molar-refractivity contribution in [2.75, 3.05) is 59.6 Å². The van der Waals surface area contributed by atoms with E-state index in [9.17, 15) is 4.79 Å². The van der Waals surface area contributed by atoms with Crippen molar-refractivity contribution in [3.05, 3.63) is 23.8 Å². The maximum absolute atomic E-state index is 12.5. The van der Waals surface area contributed by atoms with Crippen molar-refractivity contribution >= 4 is 35.8 Å². The van der Waals surface area contributed by atoms with Crippen LogP contribution in [0.1, 0.15) is 32.3 Å². The summed E-state index contributed by atoms with van der Waals surface area (Å²) < 4.78 is 16.9. The molecule has 1 N–H and O–H groups in total.